The Morgan fingerprint density at radius 2 is 2.00 bits per heavy atom. The molecule has 0 atom stereocenters. The summed E-state index contributed by atoms with van der Waals surface area (Å²) in [5, 5.41) is 2.78. The molecule has 1 heterocycles. The van der Waals surface area contributed by atoms with E-state index in [0.717, 1.165) is 18.5 Å². The van der Waals surface area contributed by atoms with E-state index in [0.29, 0.717) is 28.7 Å². The van der Waals surface area contributed by atoms with E-state index in [1.807, 2.05) is 6.07 Å². The van der Waals surface area contributed by atoms with E-state index in [9.17, 15) is 14.0 Å². The van der Waals surface area contributed by atoms with Crippen molar-refractivity contribution in [1.82, 2.24) is 0 Å². The van der Waals surface area contributed by atoms with Gasteiger partial charge in [-0.15, -0.1) is 0 Å². The maximum Gasteiger partial charge on any atom is 0.256 e. The molecule has 1 aliphatic rings. The zero-order chi connectivity index (χ0) is 17.1. The van der Waals surface area contributed by atoms with E-state index in [1.54, 1.807) is 23.1 Å². The van der Waals surface area contributed by atoms with Crippen LogP contribution in [0.3, 0.4) is 0 Å². The van der Waals surface area contributed by atoms with E-state index < -0.39 is 5.82 Å². The van der Waals surface area contributed by atoms with Crippen molar-refractivity contribution < 1.29 is 14.0 Å². The van der Waals surface area contributed by atoms with Gasteiger partial charge in [0.2, 0.25) is 5.91 Å². The second-order valence-electron chi connectivity index (χ2n) is 5.63. The molecule has 0 aromatic heterocycles. The number of hydrogen-bond donors (Lipinski definition) is 1. The third kappa shape index (κ3) is 3.64. The molecule has 2 amide bonds. The number of nitrogens with zero attached hydrogens (tertiary/aromatic N) is 1. The minimum absolute atomic E-state index is 0.103. The van der Waals surface area contributed by atoms with E-state index in [2.05, 4.69) is 21.2 Å². The number of carbonyl (C=O) groups excluding carboxylic acids is 2. The van der Waals surface area contributed by atoms with Gasteiger partial charge < -0.3 is 10.2 Å². The van der Waals surface area contributed by atoms with Gasteiger partial charge in [0.05, 0.1) is 5.56 Å². The summed E-state index contributed by atoms with van der Waals surface area (Å²) in [5.74, 6) is -0.654. The minimum atomic E-state index is -0.413. The van der Waals surface area contributed by atoms with Crippen LogP contribution >= 0.6 is 15.9 Å². The van der Waals surface area contributed by atoms with Crippen LogP contribution in [0.1, 0.15) is 29.6 Å². The molecule has 124 valence electrons. The number of anilines is 2. The van der Waals surface area contributed by atoms with Gasteiger partial charge in [0.15, 0.2) is 0 Å². The monoisotopic (exact) mass is 390 g/mol. The van der Waals surface area contributed by atoms with Crippen molar-refractivity contribution in [2.24, 2.45) is 0 Å². The summed E-state index contributed by atoms with van der Waals surface area (Å²) in [6, 6.07) is 11.1. The van der Waals surface area contributed by atoms with Gasteiger partial charge in [-0.1, -0.05) is 6.07 Å². The average molecular weight is 391 g/mol. The Morgan fingerprint density at radius 3 is 2.75 bits per heavy atom. The second kappa shape index (κ2) is 7.13. The number of nitrogens with one attached hydrogen (secondary N) is 1. The number of hydrogen-bond acceptors (Lipinski definition) is 2. The number of amides is 2. The molecule has 0 unspecified atom stereocenters. The standard InChI is InChI=1S/C18H16BrFN2O2/c19-16-10-12(20)7-8-15(16)18(24)21-13-4-3-5-14(11-13)22-9-2-1-6-17(22)23/h3-5,7-8,10-11H,1-2,6,9H2,(H,21,24). The van der Waals surface area contributed by atoms with Crippen molar-refractivity contribution in [3.63, 3.8) is 0 Å². The van der Waals surface area contributed by atoms with Crippen LogP contribution in [0.5, 0.6) is 0 Å². The highest BCUT2D eigenvalue weighted by atomic mass is 79.9. The predicted octanol–water partition coefficient (Wildman–Crippen LogP) is 4.36. The van der Waals surface area contributed by atoms with Crippen LogP contribution in [0.2, 0.25) is 0 Å². The summed E-state index contributed by atoms with van der Waals surface area (Å²) in [6.07, 6.45) is 2.45. The third-order valence-corrected chi connectivity index (χ3v) is 4.57. The van der Waals surface area contributed by atoms with Gasteiger partial charge >= 0.3 is 0 Å². The summed E-state index contributed by atoms with van der Waals surface area (Å²) in [4.78, 5) is 26.1. The van der Waals surface area contributed by atoms with Crippen molar-refractivity contribution in [2.75, 3.05) is 16.8 Å². The highest BCUT2D eigenvalue weighted by molar-refractivity contribution is 9.10. The molecule has 0 radical (unpaired) electrons. The summed E-state index contributed by atoms with van der Waals surface area (Å²) in [7, 11) is 0. The summed E-state index contributed by atoms with van der Waals surface area (Å²) >= 11 is 3.19. The molecule has 0 spiro atoms. The van der Waals surface area contributed by atoms with Gasteiger partial charge in [0, 0.05) is 28.8 Å². The maximum atomic E-state index is 13.1. The molecule has 4 nitrogen and oxygen atoms in total. The van der Waals surface area contributed by atoms with Gasteiger partial charge in [0.25, 0.3) is 5.91 Å². The first kappa shape index (κ1) is 16.6. The fourth-order valence-electron chi connectivity index (χ4n) is 2.70. The van der Waals surface area contributed by atoms with E-state index in [-0.39, 0.29) is 11.8 Å². The zero-order valence-electron chi connectivity index (χ0n) is 12.9. The van der Waals surface area contributed by atoms with E-state index >= 15 is 0 Å². The molecular formula is C18H16BrFN2O2. The largest absolute Gasteiger partial charge is 0.322 e. The Bertz CT molecular complexity index is 794. The van der Waals surface area contributed by atoms with Gasteiger partial charge in [-0.3, -0.25) is 9.59 Å². The highest BCUT2D eigenvalue weighted by Crippen LogP contribution is 2.25. The lowest BCUT2D eigenvalue weighted by atomic mass is 10.1. The first-order valence-electron chi connectivity index (χ1n) is 7.71. The van der Waals surface area contributed by atoms with Crippen LogP contribution in [0.15, 0.2) is 46.9 Å². The normalized spacial score (nSPS) is 14.6. The van der Waals surface area contributed by atoms with E-state index in [1.165, 1.54) is 18.2 Å². The Hall–Kier alpha value is -2.21. The summed E-state index contributed by atoms with van der Waals surface area (Å²) in [6.45, 7) is 0.694. The lowest BCUT2D eigenvalue weighted by Crippen LogP contribution is -2.35. The van der Waals surface area contributed by atoms with Crippen LogP contribution in [-0.2, 0) is 4.79 Å². The van der Waals surface area contributed by atoms with Crippen molar-refractivity contribution >= 4 is 39.1 Å². The Labute approximate surface area is 147 Å². The highest BCUT2D eigenvalue weighted by Gasteiger charge is 2.20. The van der Waals surface area contributed by atoms with Gasteiger partial charge in [-0.2, -0.15) is 0 Å². The number of piperidine rings is 1. The lowest BCUT2D eigenvalue weighted by Gasteiger charge is -2.27. The first-order valence-corrected chi connectivity index (χ1v) is 8.51. The molecule has 2 aromatic carbocycles. The van der Waals surface area contributed by atoms with Crippen LogP contribution in [0.4, 0.5) is 15.8 Å². The predicted molar refractivity (Wildman–Crippen MR) is 94.7 cm³/mol. The topological polar surface area (TPSA) is 49.4 Å². The number of carbonyl (C=O) groups is 2. The van der Waals surface area contributed by atoms with Crippen LogP contribution in [0.25, 0.3) is 0 Å². The molecule has 1 saturated heterocycles. The number of rotatable bonds is 3. The van der Waals surface area contributed by atoms with Gasteiger partial charge in [-0.25, -0.2) is 4.39 Å². The number of benzene rings is 2. The SMILES string of the molecule is O=C(Nc1cccc(N2CCCCC2=O)c1)c1ccc(F)cc1Br. The quantitative estimate of drug-likeness (QED) is 0.846. The molecule has 0 bridgehead atoms. The molecule has 6 heteroatoms. The Morgan fingerprint density at radius 1 is 1.17 bits per heavy atom. The molecule has 1 N–H and O–H groups in total. The fourth-order valence-corrected chi connectivity index (χ4v) is 3.23. The van der Waals surface area contributed by atoms with Crippen molar-refractivity contribution in [1.29, 1.82) is 0 Å². The molecule has 1 fully saturated rings. The molecule has 2 aromatic rings. The molecule has 0 saturated carbocycles. The van der Waals surface area contributed by atoms with Crippen molar-refractivity contribution in [3.8, 4) is 0 Å². The zero-order valence-corrected chi connectivity index (χ0v) is 14.5. The third-order valence-electron chi connectivity index (χ3n) is 3.91. The van der Waals surface area contributed by atoms with Crippen LogP contribution in [0, 0.1) is 5.82 Å². The van der Waals surface area contributed by atoms with Crippen LogP contribution < -0.4 is 10.2 Å². The fraction of sp³-hybridized carbons (Fsp3) is 0.222. The van der Waals surface area contributed by atoms with Crippen molar-refractivity contribution in [2.45, 2.75) is 19.3 Å². The molecule has 0 aliphatic carbocycles. The Balaban J connectivity index is 1.79. The Kier molecular flexibility index (Phi) is 4.94. The summed E-state index contributed by atoms with van der Waals surface area (Å²) < 4.78 is 13.5. The average Bonchev–Trinajstić information content (AvgIpc) is 2.55. The number of halogens is 2. The van der Waals surface area contributed by atoms with Gasteiger partial charge in [-0.05, 0) is 65.2 Å². The van der Waals surface area contributed by atoms with Crippen molar-refractivity contribution in [3.05, 3.63) is 58.3 Å². The smallest absolute Gasteiger partial charge is 0.256 e. The van der Waals surface area contributed by atoms with Gasteiger partial charge in [0.1, 0.15) is 5.82 Å². The minimum Gasteiger partial charge on any atom is -0.322 e. The van der Waals surface area contributed by atoms with E-state index in [4.69, 9.17) is 0 Å². The first-order chi connectivity index (χ1) is 11.5. The van der Waals surface area contributed by atoms with Crippen LogP contribution in [-0.4, -0.2) is 18.4 Å². The summed E-state index contributed by atoms with van der Waals surface area (Å²) in [5.41, 5.74) is 1.71. The maximum absolute atomic E-state index is 13.1. The molecule has 3 rings (SSSR count). The molecular weight excluding hydrogens is 375 g/mol. The lowest BCUT2D eigenvalue weighted by molar-refractivity contribution is -0.119. The molecule has 24 heavy (non-hydrogen) atoms. The second-order valence-corrected chi connectivity index (χ2v) is 6.49. The molecule has 1 aliphatic heterocycles.